The predicted molar refractivity (Wildman–Crippen MR) is 120 cm³/mol. The summed E-state index contributed by atoms with van der Waals surface area (Å²) in [5, 5.41) is 0.514. The zero-order chi connectivity index (χ0) is 22.5. The molecule has 0 aliphatic rings. The average Bonchev–Trinajstić information content (AvgIpc) is 3.23. The summed E-state index contributed by atoms with van der Waals surface area (Å²) in [5.74, 6) is -0.576. The van der Waals surface area contributed by atoms with E-state index in [0.29, 0.717) is 34.4 Å². The molecule has 0 unspecified atom stereocenters. The van der Waals surface area contributed by atoms with Crippen LogP contribution in [0.15, 0.2) is 84.4 Å². The SMILES string of the molecule is CN(Cc1ccncc1)C(=O)c1cnc(SCc2ccccc2F)n1-c1ccc(F)cc1. The number of aromatic nitrogens is 3. The Labute approximate surface area is 188 Å². The highest BCUT2D eigenvalue weighted by Gasteiger charge is 2.22. The van der Waals surface area contributed by atoms with Gasteiger partial charge in [0.1, 0.15) is 17.3 Å². The molecule has 0 atom stereocenters. The van der Waals surface area contributed by atoms with Crippen molar-refractivity contribution in [1.29, 1.82) is 0 Å². The number of benzene rings is 2. The number of carbonyl (C=O) groups excluding carboxylic acids is 1. The van der Waals surface area contributed by atoms with Crippen LogP contribution < -0.4 is 0 Å². The molecular weight excluding hydrogens is 430 g/mol. The van der Waals surface area contributed by atoms with Crippen molar-refractivity contribution in [3.63, 3.8) is 0 Å². The molecule has 0 fully saturated rings. The second-order valence-electron chi connectivity index (χ2n) is 7.13. The molecule has 162 valence electrons. The molecular formula is C24H20F2N4OS. The Morgan fingerprint density at radius 3 is 2.47 bits per heavy atom. The van der Waals surface area contributed by atoms with Crippen molar-refractivity contribution >= 4 is 17.7 Å². The summed E-state index contributed by atoms with van der Waals surface area (Å²) in [6.07, 6.45) is 4.85. The van der Waals surface area contributed by atoms with Crippen LogP contribution >= 0.6 is 11.8 Å². The van der Waals surface area contributed by atoms with Gasteiger partial charge in [0.2, 0.25) is 0 Å². The maximum Gasteiger partial charge on any atom is 0.272 e. The average molecular weight is 451 g/mol. The Kier molecular flexibility index (Phi) is 6.61. The van der Waals surface area contributed by atoms with Crippen LogP contribution in [0.25, 0.3) is 5.69 Å². The molecule has 0 aliphatic carbocycles. The normalized spacial score (nSPS) is 10.8. The molecule has 2 aromatic carbocycles. The molecule has 0 bridgehead atoms. The fourth-order valence-corrected chi connectivity index (χ4v) is 4.19. The van der Waals surface area contributed by atoms with Gasteiger partial charge in [0.25, 0.3) is 5.91 Å². The molecule has 2 heterocycles. The van der Waals surface area contributed by atoms with E-state index in [1.165, 1.54) is 36.2 Å². The van der Waals surface area contributed by atoms with Crippen molar-refractivity contribution in [3.05, 3.63) is 108 Å². The van der Waals surface area contributed by atoms with Gasteiger partial charge < -0.3 is 4.90 Å². The summed E-state index contributed by atoms with van der Waals surface area (Å²) < 4.78 is 29.3. The van der Waals surface area contributed by atoms with Crippen molar-refractivity contribution < 1.29 is 13.6 Å². The van der Waals surface area contributed by atoms with Crippen LogP contribution in [-0.2, 0) is 12.3 Å². The molecule has 2 aromatic heterocycles. The third-order valence-electron chi connectivity index (χ3n) is 4.86. The molecule has 8 heteroatoms. The fourth-order valence-electron chi connectivity index (χ4n) is 3.21. The molecule has 0 radical (unpaired) electrons. The summed E-state index contributed by atoms with van der Waals surface area (Å²) in [6, 6.07) is 16.0. The number of rotatable bonds is 7. The third kappa shape index (κ3) is 4.86. The van der Waals surface area contributed by atoms with E-state index in [0.717, 1.165) is 5.56 Å². The molecule has 1 amide bonds. The van der Waals surface area contributed by atoms with Gasteiger partial charge in [0.15, 0.2) is 5.16 Å². The molecule has 5 nitrogen and oxygen atoms in total. The van der Waals surface area contributed by atoms with E-state index in [4.69, 9.17) is 0 Å². The summed E-state index contributed by atoms with van der Waals surface area (Å²) in [7, 11) is 1.71. The van der Waals surface area contributed by atoms with Gasteiger partial charge in [0.05, 0.1) is 6.20 Å². The van der Waals surface area contributed by atoms with Crippen LogP contribution in [0, 0.1) is 11.6 Å². The largest absolute Gasteiger partial charge is 0.336 e. The summed E-state index contributed by atoms with van der Waals surface area (Å²) in [5.41, 5.74) is 2.41. The maximum atomic E-state index is 14.1. The van der Waals surface area contributed by atoms with Crippen LogP contribution in [0.1, 0.15) is 21.6 Å². The Balaban J connectivity index is 1.65. The fraction of sp³-hybridized carbons (Fsp3) is 0.125. The zero-order valence-corrected chi connectivity index (χ0v) is 18.1. The van der Waals surface area contributed by atoms with Gasteiger partial charge in [-0.2, -0.15) is 0 Å². The van der Waals surface area contributed by atoms with Crippen LogP contribution in [0.2, 0.25) is 0 Å². The smallest absolute Gasteiger partial charge is 0.272 e. The first-order chi connectivity index (χ1) is 15.5. The highest BCUT2D eigenvalue weighted by atomic mass is 32.2. The van der Waals surface area contributed by atoms with E-state index in [-0.39, 0.29) is 17.5 Å². The standard InChI is InChI=1S/C24H20F2N4OS/c1-29(15-17-10-12-27-13-11-17)23(31)22-14-28-24(30(22)20-8-6-19(25)7-9-20)32-16-18-4-2-3-5-21(18)26/h2-14H,15-16H2,1H3. The van der Waals surface area contributed by atoms with Crippen molar-refractivity contribution in [1.82, 2.24) is 19.4 Å². The van der Waals surface area contributed by atoms with E-state index < -0.39 is 0 Å². The number of nitrogens with zero attached hydrogens (tertiary/aromatic N) is 4. The highest BCUT2D eigenvalue weighted by molar-refractivity contribution is 7.98. The Morgan fingerprint density at radius 2 is 1.75 bits per heavy atom. The van der Waals surface area contributed by atoms with Crippen molar-refractivity contribution in [3.8, 4) is 5.69 Å². The van der Waals surface area contributed by atoms with E-state index in [1.54, 1.807) is 59.2 Å². The predicted octanol–water partition coefficient (Wildman–Crippen LogP) is 5.11. The van der Waals surface area contributed by atoms with Crippen LogP contribution in [0.3, 0.4) is 0 Å². The lowest BCUT2D eigenvalue weighted by Gasteiger charge is -2.19. The first kappa shape index (κ1) is 21.7. The van der Waals surface area contributed by atoms with Gasteiger partial charge in [-0.3, -0.25) is 14.3 Å². The molecule has 32 heavy (non-hydrogen) atoms. The van der Waals surface area contributed by atoms with Crippen molar-refractivity contribution in [2.75, 3.05) is 7.05 Å². The Bertz CT molecular complexity index is 1210. The summed E-state index contributed by atoms with van der Waals surface area (Å²) in [6.45, 7) is 0.396. The lowest BCUT2D eigenvalue weighted by Crippen LogP contribution is -2.28. The van der Waals surface area contributed by atoms with Crippen LogP contribution in [0.5, 0.6) is 0 Å². The van der Waals surface area contributed by atoms with Gasteiger partial charge in [-0.1, -0.05) is 30.0 Å². The molecule has 0 saturated heterocycles. The number of halogens is 2. The number of imidazole rings is 1. The number of thioether (sulfide) groups is 1. The monoisotopic (exact) mass is 450 g/mol. The molecule has 4 aromatic rings. The van der Waals surface area contributed by atoms with Crippen LogP contribution in [0.4, 0.5) is 8.78 Å². The molecule has 0 spiro atoms. The van der Waals surface area contributed by atoms with E-state index >= 15 is 0 Å². The Morgan fingerprint density at radius 1 is 1.03 bits per heavy atom. The first-order valence-electron chi connectivity index (χ1n) is 9.87. The maximum absolute atomic E-state index is 14.1. The number of hydrogen-bond donors (Lipinski definition) is 0. The number of pyridine rings is 1. The third-order valence-corrected chi connectivity index (χ3v) is 5.87. The summed E-state index contributed by atoms with van der Waals surface area (Å²) >= 11 is 1.31. The molecule has 4 rings (SSSR count). The van der Waals surface area contributed by atoms with Gasteiger partial charge in [-0.15, -0.1) is 0 Å². The molecule has 0 saturated carbocycles. The molecule has 0 aliphatic heterocycles. The minimum absolute atomic E-state index is 0.239. The zero-order valence-electron chi connectivity index (χ0n) is 17.3. The lowest BCUT2D eigenvalue weighted by atomic mass is 10.2. The quantitative estimate of drug-likeness (QED) is 0.367. The topological polar surface area (TPSA) is 51.0 Å². The van der Waals surface area contributed by atoms with Gasteiger partial charge in [0, 0.05) is 37.4 Å². The number of hydrogen-bond acceptors (Lipinski definition) is 4. The molecule has 0 N–H and O–H groups in total. The van der Waals surface area contributed by atoms with E-state index in [9.17, 15) is 13.6 Å². The number of amides is 1. The minimum atomic E-state index is -0.378. The van der Waals surface area contributed by atoms with Gasteiger partial charge in [-0.05, 0) is 53.6 Å². The van der Waals surface area contributed by atoms with Crippen molar-refractivity contribution in [2.45, 2.75) is 17.5 Å². The van der Waals surface area contributed by atoms with Crippen LogP contribution in [-0.4, -0.2) is 32.4 Å². The minimum Gasteiger partial charge on any atom is -0.336 e. The van der Waals surface area contributed by atoms with E-state index in [1.807, 2.05) is 12.1 Å². The number of carbonyl (C=O) groups is 1. The lowest BCUT2D eigenvalue weighted by molar-refractivity contribution is 0.0776. The van der Waals surface area contributed by atoms with E-state index in [2.05, 4.69) is 9.97 Å². The summed E-state index contributed by atoms with van der Waals surface area (Å²) in [4.78, 5) is 23.3. The van der Waals surface area contributed by atoms with Gasteiger partial charge >= 0.3 is 0 Å². The first-order valence-corrected chi connectivity index (χ1v) is 10.9. The van der Waals surface area contributed by atoms with Crippen molar-refractivity contribution in [2.24, 2.45) is 0 Å². The highest BCUT2D eigenvalue weighted by Crippen LogP contribution is 2.28. The Hall–Kier alpha value is -3.52. The second-order valence-corrected chi connectivity index (χ2v) is 8.08. The second kappa shape index (κ2) is 9.74. The van der Waals surface area contributed by atoms with Gasteiger partial charge in [-0.25, -0.2) is 13.8 Å².